The number of methoxy groups -OCH3 is 1. The minimum absolute atomic E-state index is 0.0571. The predicted octanol–water partition coefficient (Wildman–Crippen LogP) is 3.50. The summed E-state index contributed by atoms with van der Waals surface area (Å²) in [7, 11) is 1.13. The first-order valence-electron chi connectivity index (χ1n) is 17.4. The molecule has 14 heteroatoms. The quantitative estimate of drug-likeness (QED) is 0.204. The van der Waals surface area contributed by atoms with Crippen molar-refractivity contribution in [2.24, 2.45) is 28.6 Å². The average Bonchev–Trinajstić information content (AvgIpc) is 3.34. The van der Waals surface area contributed by atoms with E-state index in [2.05, 4.69) is 13.8 Å². The lowest BCUT2D eigenvalue weighted by Crippen LogP contribution is -2.65. The Hall–Kier alpha value is -3.52. The zero-order valence-electron chi connectivity index (χ0n) is 30.1. The molecule has 4 unspecified atom stereocenters. The molecular formula is C36H50O14. The summed E-state index contributed by atoms with van der Waals surface area (Å²) in [5.41, 5.74) is 0.487. The van der Waals surface area contributed by atoms with Crippen LogP contribution in [0.25, 0.3) is 0 Å². The number of carbonyl (C=O) groups excluding carboxylic acids is 6. The summed E-state index contributed by atoms with van der Waals surface area (Å²) in [5.74, 6) is -3.89. The van der Waals surface area contributed by atoms with Gasteiger partial charge in [0.15, 0.2) is 24.4 Å². The van der Waals surface area contributed by atoms with E-state index < -0.39 is 60.7 Å². The number of hydrogen-bond donors (Lipinski definition) is 0. The van der Waals surface area contributed by atoms with Gasteiger partial charge in [0, 0.05) is 46.5 Å². The van der Waals surface area contributed by atoms with Gasteiger partial charge >= 0.3 is 35.8 Å². The van der Waals surface area contributed by atoms with E-state index in [0.717, 1.165) is 59.1 Å². The Labute approximate surface area is 292 Å². The fourth-order valence-corrected chi connectivity index (χ4v) is 9.74. The zero-order valence-corrected chi connectivity index (χ0v) is 30.1. The fraction of sp³-hybridized carbons (Fsp3) is 0.778. The van der Waals surface area contributed by atoms with Crippen molar-refractivity contribution in [2.45, 2.75) is 142 Å². The van der Waals surface area contributed by atoms with Crippen LogP contribution in [0.1, 0.15) is 93.4 Å². The maximum Gasteiger partial charge on any atom is 0.339 e. The van der Waals surface area contributed by atoms with Gasteiger partial charge in [-0.1, -0.05) is 25.5 Å². The Bertz CT molecular complexity index is 1410. The van der Waals surface area contributed by atoms with Gasteiger partial charge in [-0.2, -0.15) is 0 Å². The third-order valence-corrected chi connectivity index (χ3v) is 11.7. The number of hydrogen-bond acceptors (Lipinski definition) is 14. The summed E-state index contributed by atoms with van der Waals surface area (Å²) in [6, 6.07) is 0. The Kier molecular flexibility index (Phi) is 11.0. The maximum absolute atomic E-state index is 13.1. The lowest BCUT2D eigenvalue weighted by atomic mass is 9.47. The van der Waals surface area contributed by atoms with Crippen molar-refractivity contribution in [1.82, 2.24) is 0 Å². The number of rotatable bonds is 8. The molecule has 0 aromatic heterocycles. The third-order valence-electron chi connectivity index (χ3n) is 11.7. The highest BCUT2D eigenvalue weighted by atomic mass is 16.7. The molecule has 0 aromatic carbocycles. The molecule has 278 valence electrons. The summed E-state index contributed by atoms with van der Waals surface area (Å²) in [6.45, 7) is 10.6. The molecule has 14 nitrogen and oxygen atoms in total. The largest absolute Gasteiger partial charge is 0.467 e. The second-order valence-electron chi connectivity index (χ2n) is 14.9. The normalized spacial score (nSPS) is 40.4. The molecule has 50 heavy (non-hydrogen) atoms. The summed E-state index contributed by atoms with van der Waals surface area (Å²) in [4.78, 5) is 74.3. The first-order chi connectivity index (χ1) is 23.5. The zero-order chi connectivity index (χ0) is 36.7. The predicted molar refractivity (Wildman–Crippen MR) is 170 cm³/mol. The second kappa shape index (κ2) is 14.6. The number of carbonyl (C=O) groups is 6. The van der Waals surface area contributed by atoms with E-state index in [-0.39, 0.29) is 52.7 Å². The lowest BCUT2D eigenvalue weighted by Gasteiger charge is -2.59. The molecule has 1 aliphatic heterocycles. The molecule has 0 N–H and O–H groups in total. The van der Waals surface area contributed by atoms with E-state index in [1.807, 2.05) is 6.08 Å². The van der Waals surface area contributed by atoms with E-state index in [4.69, 9.17) is 37.9 Å². The number of esters is 6. The van der Waals surface area contributed by atoms with E-state index in [0.29, 0.717) is 19.3 Å². The third kappa shape index (κ3) is 7.28. The van der Waals surface area contributed by atoms with Crippen LogP contribution in [-0.2, 0) is 66.7 Å². The van der Waals surface area contributed by atoms with Gasteiger partial charge in [0.2, 0.25) is 6.29 Å². The molecule has 4 aliphatic carbocycles. The molecule has 0 amide bonds. The standard InChI is InChI=1S/C36H50O14/c1-17(37)44-23-11-13-35(6)22(15-23)16-26(28-24-9-10-27(45-18(2)38)36(24,7)14-12-25(28)35)49-34-32(48-21(5)41)30(47-20(4)40)29(46-19(3)39)31(50-34)33(42)43-8/h16,23-32,34H,9-15H2,1-8H3/t23?,24?,25?,26-,27-,28?,29-,30-,31-,32+,34+,35-,36-/m0/s1. The second-order valence-corrected chi connectivity index (χ2v) is 14.9. The van der Waals surface area contributed by atoms with Crippen molar-refractivity contribution in [3.8, 4) is 0 Å². The van der Waals surface area contributed by atoms with E-state index in [1.54, 1.807) is 0 Å². The molecule has 3 saturated carbocycles. The van der Waals surface area contributed by atoms with Crippen LogP contribution in [0.3, 0.4) is 0 Å². The molecule has 0 spiro atoms. The molecule has 1 saturated heterocycles. The number of ether oxygens (including phenoxy) is 8. The van der Waals surface area contributed by atoms with Crippen molar-refractivity contribution in [3.63, 3.8) is 0 Å². The minimum Gasteiger partial charge on any atom is -0.467 e. The van der Waals surface area contributed by atoms with Crippen LogP contribution >= 0.6 is 0 Å². The van der Waals surface area contributed by atoms with Gasteiger partial charge in [0.1, 0.15) is 12.2 Å². The minimum atomic E-state index is -1.60. The summed E-state index contributed by atoms with van der Waals surface area (Å²) < 4.78 is 46.3. The van der Waals surface area contributed by atoms with Crippen molar-refractivity contribution in [1.29, 1.82) is 0 Å². The molecule has 0 bridgehead atoms. The van der Waals surface area contributed by atoms with Crippen LogP contribution in [0.4, 0.5) is 0 Å². The fourth-order valence-electron chi connectivity index (χ4n) is 9.74. The molecule has 5 rings (SSSR count). The van der Waals surface area contributed by atoms with E-state index >= 15 is 0 Å². The Balaban J connectivity index is 1.60. The van der Waals surface area contributed by atoms with Gasteiger partial charge < -0.3 is 37.9 Å². The Morgan fingerprint density at radius 2 is 1.30 bits per heavy atom. The van der Waals surface area contributed by atoms with Crippen LogP contribution in [0, 0.1) is 28.6 Å². The Morgan fingerprint density at radius 3 is 1.90 bits per heavy atom. The smallest absolute Gasteiger partial charge is 0.339 e. The van der Waals surface area contributed by atoms with E-state index in [9.17, 15) is 28.8 Å². The number of fused-ring (bicyclic) bond motifs is 5. The maximum atomic E-state index is 13.1. The SMILES string of the molecule is COC(=O)[C@H]1O[C@@H](O[C@H]2C=C3CC(OC(C)=O)CC[C@]3(C)C3CC[C@@]4(C)C(CC[C@@H]4OC(C)=O)C32)[C@H](OC(C)=O)[C@@H](OC(C)=O)[C@@H]1OC(C)=O. The highest BCUT2D eigenvalue weighted by Crippen LogP contribution is 2.66. The molecule has 0 radical (unpaired) electrons. The van der Waals surface area contributed by atoms with Gasteiger partial charge in [-0.15, -0.1) is 0 Å². The molecule has 13 atom stereocenters. The van der Waals surface area contributed by atoms with Gasteiger partial charge in [0.05, 0.1) is 13.2 Å². The molecule has 5 aliphatic rings. The lowest BCUT2D eigenvalue weighted by molar-refractivity contribution is -0.315. The van der Waals surface area contributed by atoms with Crippen molar-refractivity contribution in [2.75, 3.05) is 7.11 Å². The van der Waals surface area contributed by atoms with Crippen molar-refractivity contribution in [3.05, 3.63) is 11.6 Å². The average molecular weight is 707 g/mol. The summed E-state index contributed by atoms with van der Waals surface area (Å²) >= 11 is 0. The summed E-state index contributed by atoms with van der Waals surface area (Å²) in [5, 5.41) is 0. The highest BCUT2D eigenvalue weighted by molar-refractivity contribution is 5.77. The van der Waals surface area contributed by atoms with Crippen LogP contribution in [-0.4, -0.2) is 91.9 Å². The first kappa shape index (κ1) is 37.7. The van der Waals surface area contributed by atoms with Crippen LogP contribution in [0.5, 0.6) is 0 Å². The molecule has 4 fully saturated rings. The van der Waals surface area contributed by atoms with Crippen molar-refractivity contribution >= 4 is 35.8 Å². The van der Waals surface area contributed by atoms with Gasteiger partial charge in [-0.05, 0) is 61.7 Å². The topological polar surface area (TPSA) is 176 Å². The first-order valence-corrected chi connectivity index (χ1v) is 17.4. The van der Waals surface area contributed by atoms with Gasteiger partial charge in [-0.3, -0.25) is 24.0 Å². The molecule has 1 heterocycles. The van der Waals surface area contributed by atoms with Crippen LogP contribution in [0.15, 0.2) is 11.6 Å². The van der Waals surface area contributed by atoms with Crippen LogP contribution in [0.2, 0.25) is 0 Å². The Morgan fingerprint density at radius 1 is 0.700 bits per heavy atom. The summed E-state index contributed by atoms with van der Waals surface area (Å²) in [6.07, 6.45) is -1.61. The van der Waals surface area contributed by atoms with Gasteiger partial charge in [0.25, 0.3) is 0 Å². The van der Waals surface area contributed by atoms with Gasteiger partial charge in [-0.25, -0.2) is 4.79 Å². The van der Waals surface area contributed by atoms with Crippen LogP contribution < -0.4 is 0 Å². The highest BCUT2D eigenvalue weighted by Gasteiger charge is 2.63. The van der Waals surface area contributed by atoms with E-state index in [1.165, 1.54) is 13.8 Å². The molecule has 0 aromatic rings. The monoisotopic (exact) mass is 706 g/mol. The molecular weight excluding hydrogens is 656 g/mol. The van der Waals surface area contributed by atoms with Crippen molar-refractivity contribution < 1.29 is 66.7 Å².